The van der Waals surface area contributed by atoms with Crippen LogP contribution in [0.2, 0.25) is 0 Å². The van der Waals surface area contributed by atoms with Gasteiger partial charge in [0, 0.05) is 24.7 Å². The van der Waals surface area contributed by atoms with Crippen molar-refractivity contribution in [3.05, 3.63) is 53.1 Å². The van der Waals surface area contributed by atoms with Crippen LogP contribution in [-0.4, -0.2) is 32.0 Å². The Morgan fingerprint density at radius 2 is 1.57 bits per heavy atom. The molecule has 0 spiro atoms. The molecule has 0 saturated carbocycles. The molecule has 1 fully saturated rings. The van der Waals surface area contributed by atoms with E-state index in [0.29, 0.717) is 37.4 Å². The van der Waals surface area contributed by atoms with E-state index < -0.39 is 29.0 Å². The van der Waals surface area contributed by atoms with E-state index >= 15 is 17.6 Å². The number of rotatable bonds is 17. The van der Waals surface area contributed by atoms with E-state index in [1.807, 2.05) is 0 Å². The average Bonchev–Trinajstić information content (AvgIpc) is 3.71. The largest absolute Gasteiger partial charge is 0.491 e. The van der Waals surface area contributed by atoms with Crippen LogP contribution in [-0.2, 0) is 21.8 Å². The summed E-state index contributed by atoms with van der Waals surface area (Å²) in [5, 5.41) is 0. The smallest absolute Gasteiger partial charge is 0.279 e. The SMILES string of the molecule is CCCCCOCCCCCC1CCc2cc(-c3ccc(OCC4OC4CCCC)cc3)c(F)c(F)c2C1(F)F. The number of benzene rings is 2. The Labute approximate surface area is 236 Å². The van der Waals surface area contributed by atoms with Gasteiger partial charge in [-0.05, 0) is 67.9 Å². The summed E-state index contributed by atoms with van der Waals surface area (Å²) in [5.74, 6) is -6.43. The molecule has 222 valence electrons. The maximum Gasteiger partial charge on any atom is 0.279 e. The third-order valence-corrected chi connectivity index (χ3v) is 8.24. The number of unbranched alkanes of at least 4 members (excludes halogenated alkanes) is 5. The lowest BCUT2D eigenvalue weighted by Crippen LogP contribution is -2.33. The summed E-state index contributed by atoms with van der Waals surface area (Å²) in [6.07, 6.45) is 10.1. The second kappa shape index (κ2) is 14.7. The number of ether oxygens (including phenoxy) is 3. The fraction of sp³-hybridized carbons (Fsp3) is 0.636. The summed E-state index contributed by atoms with van der Waals surface area (Å²) in [6, 6.07) is 8.06. The van der Waals surface area contributed by atoms with Crippen LogP contribution in [0.4, 0.5) is 17.6 Å². The van der Waals surface area contributed by atoms with Gasteiger partial charge in [-0.2, -0.15) is 0 Å². The number of fused-ring (bicyclic) bond motifs is 1. The number of aryl methyl sites for hydroxylation is 1. The van der Waals surface area contributed by atoms with E-state index in [9.17, 15) is 0 Å². The predicted octanol–water partition coefficient (Wildman–Crippen LogP) is 9.39. The zero-order valence-corrected chi connectivity index (χ0v) is 24.0. The molecule has 0 aromatic heterocycles. The molecule has 1 saturated heterocycles. The van der Waals surface area contributed by atoms with Gasteiger partial charge in [0.05, 0.1) is 11.7 Å². The molecule has 3 unspecified atom stereocenters. The van der Waals surface area contributed by atoms with Gasteiger partial charge in [-0.25, -0.2) is 17.6 Å². The number of epoxide rings is 1. The lowest BCUT2D eigenvalue weighted by atomic mass is 9.77. The highest BCUT2D eigenvalue weighted by molar-refractivity contribution is 5.67. The first-order valence-corrected chi connectivity index (χ1v) is 15.2. The average molecular weight is 565 g/mol. The Morgan fingerprint density at radius 3 is 2.30 bits per heavy atom. The number of alkyl halides is 2. The first-order chi connectivity index (χ1) is 19.4. The second-order valence-electron chi connectivity index (χ2n) is 11.3. The van der Waals surface area contributed by atoms with Gasteiger partial charge in [0.25, 0.3) is 5.92 Å². The lowest BCUT2D eigenvalue weighted by Gasteiger charge is -2.34. The highest BCUT2D eigenvalue weighted by atomic mass is 19.3. The molecule has 40 heavy (non-hydrogen) atoms. The van der Waals surface area contributed by atoms with Crippen LogP contribution in [0.1, 0.15) is 95.6 Å². The van der Waals surface area contributed by atoms with Crippen LogP contribution in [0.3, 0.4) is 0 Å². The Hall–Kier alpha value is -2.12. The fourth-order valence-electron chi connectivity index (χ4n) is 5.71. The topological polar surface area (TPSA) is 31.0 Å². The number of hydrogen-bond acceptors (Lipinski definition) is 3. The van der Waals surface area contributed by atoms with Crippen molar-refractivity contribution in [1.82, 2.24) is 0 Å². The van der Waals surface area contributed by atoms with E-state index in [1.54, 1.807) is 24.3 Å². The van der Waals surface area contributed by atoms with E-state index in [4.69, 9.17) is 14.2 Å². The Kier molecular flexibility index (Phi) is 11.3. The molecule has 2 aromatic rings. The van der Waals surface area contributed by atoms with Gasteiger partial charge >= 0.3 is 0 Å². The minimum Gasteiger partial charge on any atom is -0.491 e. The molecule has 7 heteroatoms. The van der Waals surface area contributed by atoms with Crippen molar-refractivity contribution in [1.29, 1.82) is 0 Å². The first-order valence-electron chi connectivity index (χ1n) is 15.2. The van der Waals surface area contributed by atoms with Crippen molar-refractivity contribution < 1.29 is 31.8 Å². The Morgan fingerprint density at radius 1 is 0.850 bits per heavy atom. The van der Waals surface area contributed by atoms with E-state index in [1.165, 1.54) is 6.07 Å². The quantitative estimate of drug-likeness (QED) is 0.109. The highest BCUT2D eigenvalue weighted by Crippen LogP contribution is 2.49. The van der Waals surface area contributed by atoms with Crippen molar-refractivity contribution in [2.45, 2.75) is 109 Å². The molecule has 0 amide bonds. The molecule has 3 nitrogen and oxygen atoms in total. The van der Waals surface area contributed by atoms with Gasteiger partial charge in [-0.15, -0.1) is 0 Å². The van der Waals surface area contributed by atoms with Gasteiger partial charge in [-0.3, -0.25) is 0 Å². The predicted molar refractivity (Wildman–Crippen MR) is 150 cm³/mol. The molecule has 0 bridgehead atoms. The fourth-order valence-corrected chi connectivity index (χ4v) is 5.71. The summed E-state index contributed by atoms with van der Waals surface area (Å²) in [7, 11) is 0. The van der Waals surface area contributed by atoms with E-state index in [0.717, 1.165) is 58.0 Å². The molecule has 4 rings (SSSR count). The molecule has 1 aliphatic carbocycles. The summed E-state index contributed by atoms with van der Waals surface area (Å²) >= 11 is 0. The number of hydrogen-bond donors (Lipinski definition) is 0. The van der Waals surface area contributed by atoms with Gasteiger partial charge in [-0.1, -0.05) is 64.5 Å². The standard InChI is InChI=1S/C33H44F4O3/c1-3-5-9-19-38-20-10-7-8-11-25-16-13-24-21-27(31(34)32(35)30(24)33(25,36)37)23-14-17-26(18-15-23)39-22-29-28(40-29)12-6-4-2/h14-15,17-18,21,25,28-29H,3-13,16,19-20,22H2,1-2H3. The van der Waals surface area contributed by atoms with E-state index in [2.05, 4.69) is 13.8 Å². The van der Waals surface area contributed by atoms with Crippen molar-refractivity contribution in [2.75, 3.05) is 19.8 Å². The van der Waals surface area contributed by atoms with E-state index in [-0.39, 0.29) is 36.2 Å². The van der Waals surface area contributed by atoms with Crippen molar-refractivity contribution in [3.63, 3.8) is 0 Å². The summed E-state index contributed by atoms with van der Waals surface area (Å²) < 4.78 is 78.3. The lowest BCUT2D eigenvalue weighted by molar-refractivity contribution is -0.0823. The minimum absolute atomic E-state index is 0.00106. The molecule has 1 heterocycles. The molecule has 0 N–H and O–H groups in total. The third kappa shape index (κ3) is 7.79. The maximum absolute atomic E-state index is 15.4. The van der Waals surface area contributed by atoms with Crippen LogP contribution in [0.25, 0.3) is 11.1 Å². The minimum atomic E-state index is -3.40. The van der Waals surface area contributed by atoms with Crippen LogP contribution < -0.4 is 4.74 Å². The van der Waals surface area contributed by atoms with Crippen molar-refractivity contribution in [2.24, 2.45) is 5.92 Å². The molecule has 2 aliphatic rings. The van der Waals surface area contributed by atoms with Gasteiger partial charge in [0.2, 0.25) is 0 Å². The van der Waals surface area contributed by atoms with Crippen LogP contribution in [0.15, 0.2) is 30.3 Å². The molecular formula is C33H44F4O3. The van der Waals surface area contributed by atoms with Crippen molar-refractivity contribution in [3.8, 4) is 16.9 Å². The second-order valence-corrected chi connectivity index (χ2v) is 11.3. The normalized spacial score (nSPS) is 21.3. The Bertz CT molecular complexity index is 1070. The molecule has 2 aromatic carbocycles. The number of halogens is 4. The first kappa shape index (κ1) is 30.8. The summed E-state index contributed by atoms with van der Waals surface area (Å²) in [6.45, 7) is 6.11. The third-order valence-electron chi connectivity index (χ3n) is 8.24. The zero-order chi connectivity index (χ0) is 28.5. The van der Waals surface area contributed by atoms with Gasteiger partial charge in [0.1, 0.15) is 18.5 Å². The van der Waals surface area contributed by atoms with Crippen LogP contribution in [0, 0.1) is 17.6 Å². The van der Waals surface area contributed by atoms with Gasteiger partial charge in [0.15, 0.2) is 11.6 Å². The zero-order valence-electron chi connectivity index (χ0n) is 24.0. The van der Waals surface area contributed by atoms with Crippen molar-refractivity contribution >= 4 is 0 Å². The monoisotopic (exact) mass is 564 g/mol. The molecule has 1 aliphatic heterocycles. The molecular weight excluding hydrogens is 520 g/mol. The molecule has 3 atom stereocenters. The summed E-state index contributed by atoms with van der Waals surface area (Å²) in [5.41, 5.74) is -0.134. The maximum atomic E-state index is 15.4. The molecule has 0 radical (unpaired) electrons. The highest BCUT2D eigenvalue weighted by Gasteiger charge is 2.48. The summed E-state index contributed by atoms with van der Waals surface area (Å²) in [4.78, 5) is 0. The van der Waals surface area contributed by atoms with Crippen LogP contribution in [0.5, 0.6) is 5.75 Å². The Balaban J connectivity index is 1.32. The van der Waals surface area contributed by atoms with Gasteiger partial charge < -0.3 is 14.2 Å². The van der Waals surface area contributed by atoms with Crippen LogP contribution >= 0.6 is 0 Å².